The third-order valence-corrected chi connectivity index (χ3v) is 2.85. The fourth-order valence-corrected chi connectivity index (χ4v) is 2.07. The first-order valence-corrected chi connectivity index (χ1v) is 5.92. The maximum Gasteiger partial charge on any atom is 0.140 e. The van der Waals surface area contributed by atoms with Gasteiger partial charge in [0.2, 0.25) is 0 Å². The molecule has 3 nitrogen and oxygen atoms in total. The van der Waals surface area contributed by atoms with E-state index < -0.39 is 0 Å². The molecule has 0 spiro atoms. The molecule has 5 heteroatoms. The summed E-state index contributed by atoms with van der Waals surface area (Å²) in [5, 5.41) is 3.76. The van der Waals surface area contributed by atoms with Crippen molar-refractivity contribution in [1.82, 2.24) is 4.98 Å². The van der Waals surface area contributed by atoms with Crippen molar-refractivity contribution in [3.05, 3.63) is 45.4 Å². The van der Waals surface area contributed by atoms with E-state index in [1.165, 1.54) is 0 Å². The van der Waals surface area contributed by atoms with Crippen LogP contribution in [-0.2, 0) is 6.54 Å². The van der Waals surface area contributed by atoms with Gasteiger partial charge in [-0.2, -0.15) is 0 Å². The van der Waals surface area contributed by atoms with Gasteiger partial charge in [-0.3, -0.25) is 0 Å². The number of aryl methyl sites for hydroxylation is 1. The zero-order valence-electron chi connectivity index (χ0n) is 8.63. The van der Waals surface area contributed by atoms with E-state index in [1.807, 2.05) is 19.1 Å². The largest absolute Gasteiger partial charge is 0.465 e. The molecule has 0 unspecified atom stereocenters. The van der Waals surface area contributed by atoms with Crippen molar-refractivity contribution in [2.24, 2.45) is 0 Å². The molecule has 0 saturated heterocycles. The second kappa shape index (κ2) is 4.89. The summed E-state index contributed by atoms with van der Waals surface area (Å²) in [6.45, 7) is 2.51. The highest BCUT2D eigenvalue weighted by Crippen LogP contribution is 2.23. The lowest BCUT2D eigenvalue weighted by Crippen LogP contribution is -2.00. The normalized spacial score (nSPS) is 10.4. The van der Waals surface area contributed by atoms with Crippen molar-refractivity contribution < 1.29 is 4.42 Å². The van der Waals surface area contributed by atoms with E-state index in [-0.39, 0.29) is 0 Å². The van der Waals surface area contributed by atoms with Crippen LogP contribution in [0.3, 0.4) is 0 Å². The number of furan rings is 1. The van der Waals surface area contributed by atoms with Crippen molar-refractivity contribution in [2.75, 3.05) is 5.32 Å². The fourth-order valence-electron chi connectivity index (χ4n) is 1.30. The van der Waals surface area contributed by atoms with E-state index in [0.717, 1.165) is 21.8 Å². The highest BCUT2D eigenvalue weighted by atomic mass is 79.9. The van der Waals surface area contributed by atoms with Gasteiger partial charge in [0.25, 0.3) is 0 Å². The van der Waals surface area contributed by atoms with E-state index in [1.54, 1.807) is 12.3 Å². The first-order valence-electron chi connectivity index (χ1n) is 4.75. The predicted octanol–water partition coefficient (Wildman–Crippen LogP) is 4.01. The molecule has 16 heavy (non-hydrogen) atoms. The van der Waals surface area contributed by atoms with Gasteiger partial charge in [-0.1, -0.05) is 11.6 Å². The summed E-state index contributed by atoms with van der Waals surface area (Å²) in [6, 6.07) is 5.66. The Balaban J connectivity index is 2.04. The topological polar surface area (TPSA) is 38.1 Å². The van der Waals surface area contributed by atoms with Crippen LogP contribution in [0.5, 0.6) is 0 Å². The molecular weight excluding hydrogens is 291 g/mol. The highest BCUT2D eigenvalue weighted by molar-refractivity contribution is 9.10. The molecule has 0 bridgehead atoms. The summed E-state index contributed by atoms with van der Waals surface area (Å²) in [6.07, 6.45) is 1.60. The lowest BCUT2D eigenvalue weighted by Gasteiger charge is -2.05. The molecule has 2 aromatic heterocycles. The second-order valence-corrected chi connectivity index (χ2v) is 4.64. The summed E-state index contributed by atoms with van der Waals surface area (Å²) < 4.78 is 6.27. The van der Waals surface area contributed by atoms with Gasteiger partial charge in [0.05, 0.1) is 16.0 Å². The molecule has 84 valence electrons. The summed E-state index contributed by atoms with van der Waals surface area (Å²) >= 11 is 9.18. The average Bonchev–Trinajstić information content (AvgIpc) is 2.63. The average molecular weight is 302 g/mol. The van der Waals surface area contributed by atoms with Gasteiger partial charge in [-0.05, 0) is 41.1 Å². The molecule has 0 aliphatic heterocycles. The lowest BCUT2D eigenvalue weighted by molar-refractivity contribution is 0.490. The molecule has 0 atom stereocenters. The second-order valence-electron chi connectivity index (χ2n) is 3.35. The monoisotopic (exact) mass is 300 g/mol. The van der Waals surface area contributed by atoms with Crippen LogP contribution in [0.15, 0.2) is 33.3 Å². The van der Waals surface area contributed by atoms with Crippen LogP contribution in [0.4, 0.5) is 5.82 Å². The number of pyridine rings is 1. The molecule has 0 aliphatic carbocycles. The Morgan fingerprint density at radius 2 is 2.31 bits per heavy atom. The van der Waals surface area contributed by atoms with Crippen molar-refractivity contribution in [1.29, 1.82) is 0 Å². The van der Waals surface area contributed by atoms with Crippen LogP contribution in [0.2, 0.25) is 5.02 Å². The van der Waals surface area contributed by atoms with E-state index in [2.05, 4.69) is 26.2 Å². The molecule has 0 amide bonds. The van der Waals surface area contributed by atoms with Gasteiger partial charge >= 0.3 is 0 Å². The maximum atomic E-state index is 5.80. The van der Waals surface area contributed by atoms with E-state index in [4.69, 9.17) is 16.0 Å². The van der Waals surface area contributed by atoms with E-state index in [9.17, 15) is 0 Å². The molecule has 0 aromatic carbocycles. The first kappa shape index (κ1) is 11.5. The molecule has 0 aliphatic rings. The SMILES string of the molecule is Cc1ccc(CNc2ncc(Cl)cc2Br)o1. The van der Waals surface area contributed by atoms with Crippen molar-refractivity contribution in [3.8, 4) is 0 Å². The quantitative estimate of drug-likeness (QED) is 0.931. The Bertz CT molecular complexity index is 498. The van der Waals surface area contributed by atoms with Crippen molar-refractivity contribution >= 4 is 33.3 Å². The number of halogens is 2. The minimum Gasteiger partial charge on any atom is -0.465 e. The molecule has 2 heterocycles. The Morgan fingerprint density at radius 1 is 1.50 bits per heavy atom. The standard InChI is InChI=1S/C11H10BrClN2O/c1-7-2-3-9(16-7)6-15-11-10(12)4-8(13)5-14-11/h2-5H,6H2,1H3,(H,14,15). The molecule has 0 fully saturated rings. The van der Waals surface area contributed by atoms with Crippen LogP contribution in [0.1, 0.15) is 11.5 Å². The number of anilines is 1. The predicted molar refractivity (Wildman–Crippen MR) is 67.7 cm³/mol. The maximum absolute atomic E-state index is 5.80. The summed E-state index contributed by atoms with van der Waals surface area (Å²) in [7, 11) is 0. The van der Waals surface area contributed by atoms with Gasteiger partial charge in [0.1, 0.15) is 17.3 Å². The van der Waals surface area contributed by atoms with Crippen LogP contribution < -0.4 is 5.32 Å². The van der Waals surface area contributed by atoms with Gasteiger partial charge < -0.3 is 9.73 Å². The number of hydrogen-bond donors (Lipinski definition) is 1. The molecular formula is C11H10BrClN2O. The Morgan fingerprint density at radius 3 is 2.94 bits per heavy atom. The number of hydrogen-bond acceptors (Lipinski definition) is 3. The Labute approximate surface area is 107 Å². The van der Waals surface area contributed by atoms with Crippen LogP contribution >= 0.6 is 27.5 Å². The van der Waals surface area contributed by atoms with Crippen LogP contribution in [0, 0.1) is 6.92 Å². The molecule has 2 rings (SSSR count). The third-order valence-electron chi connectivity index (χ3n) is 2.03. The zero-order chi connectivity index (χ0) is 11.5. The smallest absolute Gasteiger partial charge is 0.140 e. The zero-order valence-corrected chi connectivity index (χ0v) is 11.0. The van der Waals surface area contributed by atoms with Crippen molar-refractivity contribution in [3.63, 3.8) is 0 Å². The number of aromatic nitrogens is 1. The van der Waals surface area contributed by atoms with Crippen LogP contribution in [0.25, 0.3) is 0 Å². The number of nitrogens with one attached hydrogen (secondary N) is 1. The van der Waals surface area contributed by atoms with E-state index >= 15 is 0 Å². The van der Waals surface area contributed by atoms with Gasteiger partial charge in [-0.15, -0.1) is 0 Å². The fraction of sp³-hybridized carbons (Fsp3) is 0.182. The van der Waals surface area contributed by atoms with Crippen molar-refractivity contribution in [2.45, 2.75) is 13.5 Å². The summed E-state index contributed by atoms with van der Waals surface area (Å²) in [5.41, 5.74) is 0. The van der Waals surface area contributed by atoms with E-state index in [0.29, 0.717) is 11.6 Å². The van der Waals surface area contributed by atoms with Gasteiger partial charge in [0.15, 0.2) is 0 Å². The molecule has 0 radical (unpaired) electrons. The molecule has 0 saturated carbocycles. The highest BCUT2D eigenvalue weighted by Gasteiger charge is 2.03. The third kappa shape index (κ3) is 2.77. The molecule has 1 N–H and O–H groups in total. The first-order chi connectivity index (χ1) is 7.65. The minimum absolute atomic E-state index is 0.598. The van der Waals surface area contributed by atoms with Gasteiger partial charge in [-0.25, -0.2) is 4.98 Å². The van der Waals surface area contributed by atoms with Crippen LogP contribution in [-0.4, -0.2) is 4.98 Å². The Kier molecular flexibility index (Phi) is 3.51. The van der Waals surface area contributed by atoms with Gasteiger partial charge in [0, 0.05) is 6.20 Å². The number of nitrogens with zero attached hydrogens (tertiary/aromatic N) is 1. The minimum atomic E-state index is 0.598. The Hall–Kier alpha value is -1.000. The number of rotatable bonds is 3. The molecule has 2 aromatic rings. The lowest BCUT2D eigenvalue weighted by atomic mass is 10.4. The summed E-state index contributed by atoms with van der Waals surface area (Å²) in [5.74, 6) is 2.53. The summed E-state index contributed by atoms with van der Waals surface area (Å²) in [4.78, 5) is 4.17.